The van der Waals surface area contributed by atoms with Crippen molar-refractivity contribution in [3.63, 3.8) is 0 Å². The van der Waals surface area contributed by atoms with Crippen molar-refractivity contribution in [2.24, 2.45) is 5.73 Å². The highest BCUT2D eigenvalue weighted by atomic mass is 16.6. The van der Waals surface area contributed by atoms with E-state index in [1.54, 1.807) is 12.1 Å². The lowest BCUT2D eigenvalue weighted by molar-refractivity contribution is -0.385. The third kappa shape index (κ3) is 2.71. The Labute approximate surface area is 113 Å². The Balaban J connectivity index is 2.39. The number of hydrogen-bond donors (Lipinski definition) is 1. The van der Waals surface area contributed by atoms with Crippen LogP contribution >= 0.6 is 0 Å². The van der Waals surface area contributed by atoms with Gasteiger partial charge in [-0.2, -0.15) is 0 Å². The van der Waals surface area contributed by atoms with E-state index in [1.165, 1.54) is 6.42 Å². The van der Waals surface area contributed by atoms with Crippen molar-refractivity contribution in [2.45, 2.75) is 45.2 Å². The fourth-order valence-corrected chi connectivity index (χ4v) is 2.92. The second-order valence-electron chi connectivity index (χ2n) is 5.29. The summed E-state index contributed by atoms with van der Waals surface area (Å²) in [7, 11) is 0. The zero-order valence-corrected chi connectivity index (χ0v) is 11.5. The van der Waals surface area contributed by atoms with Gasteiger partial charge >= 0.3 is 0 Å². The first-order chi connectivity index (χ1) is 9.02. The second kappa shape index (κ2) is 5.57. The molecule has 2 N–H and O–H groups in total. The first-order valence-corrected chi connectivity index (χ1v) is 6.78. The van der Waals surface area contributed by atoms with E-state index in [1.807, 2.05) is 19.9 Å². The topological polar surface area (TPSA) is 72.4 Å². The molecular weight excluding hydrogens is 242 g/mol. The van der Waals surface area contributed by atoms with Crippen molar-refractivity contribution >= 4 is 11.4 Å². The lowest BCUT2D eigenvalue weighted by Gasteiger charge is -2.40. The minimum absolute atomic E-state index is 0.0685. The molecule has 2 atom stereocenters. The van der Waals surface area contributed by atoms with Crippen LogP contribution in [0.1, 0.15) is 31.7 Å². The van der Waals surface area contributed by atoms with Crippen LogP contribution in [0.25, 0.3) is 0 Å². The molecule has 0 aromatic heterocycles. The summed E-state index contributed by atoms with van der Waals surface area (Å²) in [5.41, 5.74) is 7.94. The Morgan fingerprint density at radius 2 is 2.21 bits per heavy atom. The first kappa shape index (κ1) is 13.8. The summed E-state index contributed by atoms with van der Waals surface area (Å²) in [6, 6.07) is 5.62. The Hall–Kier alpha value is -1.62. The standard InChI is InChI=1S/C14H21N3O2/c1-10-12(7-5-8-13(10)17(18)19)16-9-4-3-6-14(16)11(2)15/h5,7-8,11,14H,3-4,6,9,15H2,1-2H3. The van der Waals surface area contributed by atoms with Crippen molar-refractivity contribution in [1.29, 1.82) is 0 Å². The van der Waals surface area contributed by atoms with Crippen LogP contribution < -0.4 is 10.6 Å². The van der Waals surface area contributed by atoms with Gasteiger partial charge in [0, 0.05) is 30.4 Å². The van der Waals surface area contributed by atoms with Crippen LogP contribution in [-0.4, -0.2) is 23.6 Å². The van der Waals surface area contributed by atoms with Crippen molar-refractivity contribution < 1.29 is 4.92 Å². The normalized spacial score (nSPS) is 21.2. The molecule has 1 saturated heterocycles. The Kier molecular flexibility index (Phi) is 4.04. The lowest BCUT2D eigenvalue weighted by atomic mass is 9.95. The van der Waals surface area contributed by atoms with Crippen LogP contribution in [0, 0.1) is 17.0 Å². The third-order valence-corrected chi connectivity index (χ3v) is 3.94. The van der Waals surface area contributed by atoms with Crippen molar-refractivity contribution in [3.05, 3.63) is 33.9 Å². The van der Waals surface area contributed by atoms with E-state index in [0.717, 1.165) is 30.6 Å². The van der Waals surface area contributed by atoms with Crippen LogP contribution in [0.3, 0.4) is 0 Å². The van der Waals surface area contributed by atoms with Crippen LogP contribution in [0.2, 0.25) is 0 Å². The van der Waals surface area contributed by atoms with Crippen LogP contribution in [0.5, 0.6) is 0 Å². The van der Waals surface area contributed by atoms with Gasteiger partial charge in [-0.25, -0.2) is 0 Å². The number of nitrogens with two attached hydrogens (primary N) is 1. The summed E-state index contributed by atoms with van der Waals surface area (Å²) in [6.45, 7) is 4.75. The van der Waals surface area contributed by atoms with Gasteiger partial charge in [0.15, 0.2) is 0 Å². The summed E-state index contributed by atoms with van der Waals surface area (Å²) >= 11 is 0. The van der Waals surface area contributed by atoms with Gasteiger partial charge < -0.3 is 10.6 Å². The smallest absolute Gasteiger partial charge is 0.274 e. The molecule has 0 bridgehead atoms. The predicted octanol–water partition coefficient (Wildman–Crippen LogP) is 2.61. The van der Waals surface area contributed by atoms with E-state index in [9.17, 15) is 10.1 Å². The minimum atomic E-state index is -0.316. The van der Waals surface area contributed by atoms with Crippen LogP contribution in [0.4, 0.5) is 11.4 Å². The van der Waals surface area contributed by atoms with Gasteiger partial charge in [0.25, 0.3) is 5.69 Å². The number of rotatable bonds is 3. The quantitative estimate of drug-likeness (QED) is 0.672. The molecule has 5 nitrogen and oxygen atoms in total. The van der Waals surface area contributed by atoms with Gasteiger partial charge in [-0.3, -0.25) is 10.1 Å². The molecule has 0 radical (unpaired) electrons. The number of nitrogens with zero attached hydrogens (tertiary/aromatic N) is 2. The molecule has 2 rings (SSSR count). The zero-order valence-electron chi connectivity index (χ0n) is 11.5. The second-order valence-corrected chi connectivity index (χ2v) is 5.29. The van der Waals surface area contributed by atoms with Gasteiger partial charge in [0.2, 0.25) is 0 Å². The molecule has 1 aliphatic rings. The minimum Gasteiger partial charge on any atom is -0.367 e. The largest absolute Gasteiger partial charge is 0.367 e. The fourth-order valence-electron chi connectivity index (χ4n) is 2.92. The molecule has 0 amide bonds. The summed E-state index contributed by atoms with van der Waals surface area (Å²) < 4.78 is 0. The highest BCUT2D eigenvalue weighted by Gasteiger charge is 2.28. The predicted molar refractivity (Wildman–Crippen MR) is 76.5 cm³/mol. The molecule has 1 fully saturated rings. The molecule has 1 aromatic rings. The monoisotopic (exact) mass is 263 g/mol. The number of nitro groups is 1. The van der Waals surface area contributed by atoms with Crippen molar-refractivity contribution in [1.82, 2.24) is 0 Å². The van der Waals surface area contributed by atoms with Crippen molar-refractivity contribution in [3.8, 4) is 0 Å². The summed E-state index contributed by atoms with van der Waals surface area (Å²) in [5.74, 6) is 0. The maximum Gasteiger partial charge on any atom is 0.274 e. The highest BCUT2D eigenvalue weighted by molar-refractivity contribution is 5.62. The summed E-state index contributed by atoms with van der Waals surface area (Å²) in [4.78, 5) is 13.0. The van der Waals surface area contributed by atoms with Gasteiger partial charge in [0.1, 0.15) is 0 Å². The molecule has 2 unspecified atom stereocenters. The maximum absolute atomic E-state index is 11.0. The Morgan fingerprint density at radius 1 is 1.47 bits per heavy atom. The molecule has 5 heteroatoms. The number of nitro benzene ring substituents is 1. The number of anilines is 1. The Morgan fingerprint density at radius 3 is 2.84 bits per heavy atom. The molecule has 0 spiro atoms. The Bertz CT molecular complexity index is 474. The van der Waals surface area contributed by atoms with Gasteiger partial charge in [-0.05, 0) is 39.2 Å². The molecule has 1 heterocycles. The average molecular weight is 263 g/mol. The van der Waals surface area contributed by atoms with E-state index < -0.39 is 0 Å². The molecule has 1 aromatic carbocycles. The van der Waals surface area contributed by atoms with Crippen LogP contribution in [0.15, 0.2) is 18.2 Å². The van der Waals surface area contributed by atoms with Gasteiger partial charge in [0.05, 0.1) is 10.5 Å². The lowest BCUT2D eigenvalue weighted by Crippen LogP contribution is -2.49. The summed E-state index contributed by atoms with van der Waals surface area (Å²) in [5, 5.41) is 11.0. The van der Waals surface area contributed by atoms with E-state index in [2.05, 4.69) is 4.90 Å². The molecule has 19 heavy (non-hydrogen) atoms. The average Bonchev–Trinajstić information content (AvgIpc) is 2.38. The van der Waals surface area contributed by atoms with Gasteiger partial charge in [-0.1, -0.05) is 6.07 Å². The fraction of sp³-hybridized carbons (Fsp3) is 0.571. The van der Waals surface area contributed by atoms with Crippen molar-refractivity contribution in [2.75, 3.05) is 11.4 Å². The molecule has 0 saturated carbocycles. The third-order valence-electron chi connectivity index (χ3n) is 3.94. The maximum atomic E-state index is 11.0. The highest BCUT2D eigenvalue weighted by Crippen LogP contribution is 2.33. The summed E-state index contributed by atoms with van der Waals surface area (Å²) in [6.07, 6.45) is 3.35. The van der Waals surface area contributed by atoms with E-state index in [4.69, 9.17) is 5.73 Å². The number of hydrogen-bond acceptors (Lipinski definition) is 4. The number of piperidine rings is 1. The SMILES string of the molecule is Cc1c(N2CCCCC2C(C)N)cccc1[N+](=O)[O-]. The van der Waals surface area contributed by atoms with E-state index in [-0.39, 0.29) is 22.7 Å². The zero-order chi connectivity index (χ0) is 14.0. The van der Waals surface area contributed by atoms with Gasteiger partial charge in [-0.15, -0.1) is 0 Å². The van der Waals surface area contributed by atoms with Crippen LogP contribution in [-0.2, 0) is 0 Å². The molecule has 1 aliphatic heterocycles. The molecule has 104 valence electrons. The van der Waals surface area contributed by atoms with E-state index >= 15 is 0 Å². The molecule has 0 aliphatic carbocycles. The molecular formula is C14H21N3O2. The van der Waals surface area contributed by atoms with E-state index in [0.29, 0.717) is 0 Å². The first-order valence-electron chi connectivity index (χ1n) is 6.78. The number of benzene rings is 1.